The first kappa shape index (κ1) is 19.4. The van der Waals surface area contributed by atoms with Gasteiger partial charge >= 0.3 is 0 Å². The van der Waals surface area contributed by atoms with E-state index in [1.807, 2.05) is 41.9 Å². The van der Waals surface area contributed by atoms with Gasteiger partial charge in [-0.3, -0.25) is 9.59 Å². The van der Waals surface area contributed by atoms with Gasteiger partial charge in [0.2, 0.25) is 11.8 Å². The molecule has 0 saturated carbocycles. The molecule has 1 N–H and O–H groups in total. The molecule has 7 nitrogen and oxygen atoms in total. The van der Waals surface area contributed by atoms with Crippen molar-refractivity contribution in [2.75, 3.05) is 37.5 Å². The lowest BCUT2D eigenvalue weighted by molar-refractivity contribution is -0.121. The van der Waals surface area contributed by atoms with Gasteiger partial charge < -0.3 is 15.0 Å². The summed E-state index contributed by atoms with van der Waals surface area (Å²) in [6.45, 7) is 3.42. The molecule has 0 unspecified atom stereocenters. The summed E-state index contributed by atoms with van der Waals surface area (Å²) in [5, 5.41) is 8.42. The molecule has 27 heavy (non-hydrogen) atoms. The zero-order valence-electron chi connectivity index (χ0n) is 15.6. The Morgan fingerprint density at radius 3 is 2.85 bits per heavy atom. The van der Waals surface area contributed by atoms with Crippen LogP contribution in [0.3, 0.4) is 0 Å². The number of benzene rings is 1. The number of aromatic nitrogens is 2. The van der Waals surface area contributed by atoms with Gasteiger partial charge in [-0.25, -0.2) is 4.68 Å². The number of hydrogen-bond donors (Lipinski definition) is 1. The summed E-state index contributed by atoms with van der Waals surface area (Å²) < 4.78 is 6.81. The number of para-hydroxylation sites is 1. The number of methoxy groups -OCH3 is 1. The third-order valence-corrected chi connectivity index (χ3v) is 5.34. The van der Waals surface area contributed by atoms with Gasteiger partial charge in [0.05, 0.1) is 29.4 Å². The Morgan fingerprint density at radius 2 is 2.11 bits per heavy atom. The van der Waals surface area contributed by atoms with Crippen LogP contribution in [-0.4, -0.2) is 54.2 Å². The Kier molecular flexibility index (Phi) is 6.52. The molecule has 3 rings (SSSR count). The smallest absolute Gasteiger partial charge is 0.237 e. The molecule has 2 aromatic rings. The summed E-state index contributed by atoms with van der Waals surface area (Å²) in [4.78, 5) is 26.1. The largest absolute Gasteiger partial charge is 0.383 e. The molecule has 0 bridgehead atoms. The van der Waals surface area contributed by atoms with Gasteiger partial charge in [0.1, 0.15) is 5.03 Å². The lowest BCUT2D eigenvalue weighted by Gasteiger charge is -2.27. The van der Waals surface area contributed by atoms with E-state index in [1.54, 1.807) is 12.0 Å². The van der Waals surface area contributed by atoms with Crippen molar-refractivity contribution in [2.24, 2.45) is 0 Å². The summed E-state index contributed by atoms with van der Waals surface area (Å²) in [5.74, 6) is 0.413. The molecule has 144 valence electrons. The first-order valence-electron chi connectivity index (χ1n) is 8.95. The van der Waals surface area contributed by atoms with Crippen LogP contribution in [0.15, 0.2) is 35.4 Å². The number of nitrogens with one attached hydrogen (secondary N) is 1. The van der Waals surface area contributed by atoms with Crippen LogP contribution in [0.5, 0.6) is 0 Å². The number of carbonyl (C=O) groups is 2. The van der Waals surface area contributed by atoms with E-state index in [0.29, 0.717) is 38.3 Å². The number of hydrogen-bond acceptors (Lipinski definition) is 5. The molecule has 0 radical (unpaired) electrons. The highest BCUT2D eigenvalue weighted by Gasteiger charge is 2.31. The average Bonchev–Trinajstić information content (AvgIpc) is 3.01. The van der Waals surface area contributed by atoms with Crippen molar-refractivity contribution >= 4 is 29.3 Å². The first-order valence-corrected chi connectivity index (χ1v) is 9.94. The van der Waals surface area contributed by atoms with Gasteiger partial charge in [-0.2, -0.15) is 5.10 Å². The van der Waals surface area contributed by atoms with Crippen molar-refractivity contribution in [3.63, 3.8) is 0 Å². The third kappa shape index (κ3) is 4.51. The van der Waals surface area contributed by atoms with Crippen molar-refractivity contribution < 1.29 is 14.3 Å². The van der Waals surface area contributed by atoms with Crippen molar-refractivity contribution in [2.45, 2.75) is 24.8 Å². The molecule has 1 aromatic carbocycles. The standard InChI is InChI=1S/C19H24N4O3S/c1-14-18-19(23(21-14)15-7-4-3-5-8-15)27-13-17(25)22(18)11-6-9-16(24)20-10-12-26-2/h3-5,7-8H,6,9-13H2,1-2H3,(H,20,24). The topological polar surface area (TPSA) is 76.5 Å². The normalized spacial score (nSPS) is 13.6. The van der Waals surface area contributed by atoms with Crippen molar-refractivity contribution in [3.8, 4) is 5.69 Å². The Balaban J connectivity index is 1.71. The second kappa shape index (κ2) is 9.05. The number of ether oxygens (including phenoxy) is 1. The first-order chi connectivity index (χ1) is 13.1. The second-order valence-electron chi connectivity index (χ2n) is 6.27. The Labute approximate surface area is 163 Å². The van der Waals surface area contributed by atoms with E-state index in [9.17, 15) is 9.59 Å². The van der Waals surface area contributed by atoms with E-state index in [1.165, 1.54) is 11.8 Å². The molecule has 1 aliphatic heterocycles. The SMILES string of the molecule is COCCNC(=O)CCCN1C(=O)CSc2c1c(C)nn2-c1ccccc1. The van der Waals surface area contributed by atoms with E-state index < -0.39 is 0 Å². The molecule has 0 spiro atoms. The molecule has 1 aromatic heterocycles. The number of rotatable bonds is 8. The molecular formula is C19H24N4O3S. The zero-order valence-corrected chi connectivity index (χ0v) is 16.4. The minimum atomic E-state index is -0.0252. The molecule has 0 aliphatic carbocycles. The number of thioether (sulfide) groups is 1. The molecular weight excluding hydrogens is 364 g/mol. The molecule has 8 heteroatoms. The van der Waals surface area contributed by atoms with Gasteiger partial charge in [0.25, 0.3) is 0 Å². The van der Waals surface area contributed by atoms with Crippen molar-refractivity contribution in [1.82, 2.24) is 15.1 Å². The minimum absolute atomic E-state index is 0.0252. The third-order valence-electron chi connectivity index (χ3n) is 4.31. The number of carbonyl (C=O) groups excluding carboxylic acids is 2. The fraction of sp³-hybridized carbons (Fsp3) is 0.421. The lowest BCUT2D eigenvalue weighted by Crippen LogP contribution is -2.37. The van der Waals surface area contributed by atoms with Crippen molar-refractivity contribution in [1.29, 1.82) is 0 Å². The minimum Gasteiger partial charge on any atom is -0.383 e. The maximum Gasteiger partial charge on any atom is 0.237 e. The molecule has 0 fully saturated rings. The van der Waals surface area contributed by atoms with Crippen LogP contribution in [-0.2, 0) is 14.3 Å². The van der Waals surface area contributed by atoms with Crippen LogP contribution < -0.4 is 10.2 Å². The number of nitrogens with zero attached hydrogens (tertiary/aromatic N) is 3. The molecule has 0 saturated heterocycles. The summed E-state index contributed by atoms with van der Waals surface area (Å²) in [6.07, 6.45) is 0.979. The Hall–Kier alpha value is -2.32. The van der Waals surface area contributed by atoms with Crippen molar-refractivity contribution in [3.05, 3.63) is 36.0 Å². The highest BCUT2D eigenvalue weighted by atomic mass is 32.2. The number of aryl methyl sites for hydroxylation is 1. The predicted molar refractivity (Wildman–Crippen MR) is 105 cm³/mol. The summed E-state index contributed by atoms with van der Waals surface area (Å²) in [5.41, 5.74) is 2.65. The van der Waals surface area contributed by atoms with E-state index >= 15 is 0 Å². The number of fused-ring (bicyclic) bond motifs is 1. The molecule has 1 aliphatic rings. The van der Waals surface area contributed by atoms with Gasteiger partial charge in [-0.15, -0.1) is 0 Å². The van der Waals surface area contributed by atoms with Crippen LogP contribution in [0.4, 0.5) is 5.69 Å². The van der Waals surface area contributed by atoms with E-state index in [0.717, 1.165) is 22.1 Å². The lowest BCUT2D eigenvalue weighted by atomic mass is 10.2. The maximum atomic E-state index is 12.5. The van der Waals surface area contributed by atoms with Gasteiger partial charge in [-0.1, -0.05) is 30.0 Å². The van der Waals surface area contributed by atoms with Gasteiger partial charge in [-0.05, 0) is 25.5 Å². The highest BCUT2D eigenvalue weighted by molar-refractivity contribution is 8.00. The second-order valence-corrected chi connectivity index (χ2v) is 7.23. The van der Waals surface area contributed by atoms with Crippen LogP contribution in [0.2, 0.25) is 0 Å². The Morgan fingerprint density at radius 1 is 1.33 bits per heavy atom. The monoisotopic (exact) mass is 388 g/mol. The van der Waals surface area contributed by atoms with Gasteiger partial charge in [0, 0.05) is 26.6 Å². The summed E-state index contributed by atoms with van der Waals surface area (Å²) in [6, 6.07) is 9.90. The van der Waals surface area contributed by atoms with Crippen LogP contribution in [0.25, 0.3) is 5.69 Å². The molecule has 2 amide bonds. The fourth-order valence-corrected chi connectivity index (χ4v) is 4.11. The summed E-state index contributed by atoms with van der Waals surface area (Å²) in [7, 11) is 1.60. The van der Waals surface area contributed by atoms with Crippen LogP contribution >= 0.6 is 11.8 Å². The van der Waals surface area contributed by atoms with Crippen LogP contribution in [0, 0.1) is 6.92 Å². The number of amides is 2. The molecule has 0 atom stereocenters. The van der Waals surface area contributed by atoms with E-state index in [2.05, 4.69) is 10.4 Å². The Bertz CT molecular complexity index is 807. The quantitative estimate of drug-likeness (QED) is 0.702. The summed E-state index contributed by atoms with van der Waals surface area (Å²) >= 11 is 1.51. The average molecular weight is 388 g/mol. The van der Waals surface area contributed by atoms with Crippen LogP contribution in [0.1, 0.15) is 18.5 Å². The van der Waals surface area contributed by atoms with E-state index in [-0.39, 0.29) is 11.8 Å². The number of anilines is 1. The maximum absolute atomic E-state index is 12.5. The highest BCUT2D eigenvalue weighted by Crippen LogP contribution is 2.39. The predicted octanol–water partition coefficient (Wildman–Crippen LogP) is 2.16. The van der Waals surface area contributed by atoms with Gasteiger partial charge in [0.15, 0.2) is 0 Å². The fourth-order valence-electron chi connectivity index (χ4n) is 3.03. The zero-order chi connectivity index (χ0) is 19.2. The van der Waals surface area contributed by atoms with E-state index in [4.69, 9.17) is 4.74 Å². The molecule has 2 heterocycles.